The van der Waals surface area contributed by atoms with E-state index in [0.717, 1.165) is 12.1 Å². The first-order valence-electron chi connectivity index (χ1n) is 10.4. The number of tetrazole rings is 1. The molecule has 6 nitrogen and oxygen atoms in total. The van der Waals surface area contributed by atoms with Crippen molar-refractivity contribution in [1.82, 2.24) is 25.5 Å². The summed E-state index contributed by atoms with van der Waals surface area (Å²) in [5, 5.41) is 13.7. The number of hydrogen-bond donors (Lipinski definition) is 1. The van der Waals surface area contributed by atoms with Gasteiger partial charge in [0.2, 0.25) is 0 Å². The Morgan fingerprint density at radius 3 is 2.53 bits per heavy atom. The van der Waals surface area contributed by atoms with Crippen molar-refractivity contribution in [2.45, 2.75) is 44.7 Å². The van der Waals surface area contributed by atoms with E-state index < -0.39 is 23.1 Å². The highest BCUT2D eigenvalue weighted by atomic mass is 19.4. The summed E-state index contributed by atoms with van der Waals surface area (Å²) in [6.45, 7) is 6.31. The Hall–Kier alpha value is -3.23. The van der Waals surface area contributed by atoms with Gasteiger partial charge in [0.1, 0.15) is 0 Å². The largest absolute Gasteiger partial charge is 0.416 e. The second kappa shape index (κ2) is 8.03. The van der Waals surface area contributed by atoms with Gasteiger partial charge in [0, 0.05) is 18.7 Å². The molecular weight excluding hydrogens is 419 g/mol. The Morgan fingerprint density at radius 1 is 1.12 bits per heavy atom. The van der Waals surface area contributed by atoms with Gasteiger partial charge >= 0.3 is 6.18 Å². The summed E-state index contributed by atoms with van der Waals surface area (Å²) in [6.07, 6.45) is -3.94. The van der Waals surface area contributed by atoms with E-state index in [4.69, 9.17) is 0 Å². The van der Waals surface area contributed by atoms with Crippen LogP contribution in [0.1, 0.15) is 65.1 Å². The number of nitrogens with one attached hydrogen (secondary N) is 1. The van der Waals surface area contributed by atoms with E-state index in [1.807, 2.05) is 31.2 Å². The lowest BCUT2D eigenvalue weighted by atomic mass is 9.82. The van der Waals surface area contributed by atoms with E-state index in [-0.39, 0.29) is 17.3 Å². The molecule has 32 heavy (non-hydrogen) atoms. The van der Waals surface area contributed by atoms with E-state index >= 15 is 0 Å². The molecule has 4 rings (SSSR count). The van der Waals surface area contributed by atoms with E-state index in [1.165, 1.54) is 17.2 Å². The van der Waals surface area contributed by atoms with Gasteiger partial charge in [-0.15, -0.1) is 10.2 Å². The first kappa shape index (κ1) is 22.0. The number of amides is 1. The summed E-state index contributed by atoms with van der Waals surface area (Å²) >= 11 is 0. The molecule has 0 radical (unpaired) electrons. The summed E-state index contributed by atoms with van der Waals surface area (Å²) in [4.78, 5) is 15.0. The lowest BCUT2D eigenvalue weighted by Gasteiger charge is -2.26. The first-order chi connectivity index (χ1) is 15.1. The molecule has 1 N–H and O–H groups in total. The van der Waals surface area contributed by atoms with E-state index in [0.29, 0.717) is 25.1 Å². The monoisotopic (exact) mass is 443 g/mol. The van der Waals surface area contributed by atoms with Gasteiger partial charge in [0.15, 0.2) is 5.82 Å². The molecular formula is C23H24F3N5O. The smallest absolute Gasteiger partial charge is 0.338 e. The number of carbonyl (C=O) groups is 1. The highest BCUT2D eigenvalue weighted by Crippen LogP contribution is 2.36. The molecule has 3 aromatic rings. The summed E-state index contributed by atoms with van der Waals surface area (Å²) in [6, 6.07) is 11.5. The molecule has 2 heterocycles. The molecule has 0 fully saturated rings. The van der Waals surface area contributed by atoms with Crippen molar-refractivity contribution in [3.63, 3.8) is 0 Å². The van der Waals surface area contributed by atoms with Crippen LogP contribution >= 0.6 is 0 Å². The number of halogens is 3. The van der Waals surface area contributed by atoms with Crippen LogP contribution in [0.2, 0.25) is 0 Å². The van der Waals surface area contributed by atoms with E-state index in [1.54, 1.807) is 18.7 Å². The van der Waals surface area contributed by atoms with Crippen LogP contribution in [0.25, 0.3) is 0 Å². The maximum Gasteiger partial charge on any atom is 0.416 e. The third-order valence-electron chi connectivity index (χ3n) is 6.15. The summed E-state index contributed by atoms with van der Waals surface area (Å²) in [7, 11) is 0. The van der Waals surface area contributed by atoms with Crippen molar-refractivity contribution in [2.75, 3.05) is 13.1 Å². The van der Waals surface area contributed by atoms with Crippen molar-refractivity contribution in [1.29, 1.82) is 0 Å². The zero-order chi connectivity index (χ0) is 23.1. The van der Waals surface area contributed by atoms with Gasteiger partial charge in [-0.1, -0.05) is 36.4 Å². The van der Waals surface area contributed by atoms with Crippen molar-refractivity contribution < 1.29 is 18.0 Å². The van der Waals surface area contributed by atoms with Crippen LogP contribution in [0.4, 0.5) is 13.2 Å². The standard InChI is InChI=1S/C23H24F3N5O/c1-14-13-31(9-8-15-6-4-5-7-19(14)15)20(32)16-10-17(12-18(11-16)23(24,25)26)22(2,3)21-27-29-30-28-21/h4-7,10-12,14H,8-9,13H2,1-3H3,(H,27,28,29,30). The highest BCUT2D eigenvalue weighted by Gasteiger charge is 2.36. The number of fused-ring (bicyclic) bond motifs is 1. The molecule has 0 spiro atoms. The number of alkyl halides is 3. The summed E-state index contributed by atoms with van der Waals surface area (Å²) in [5.74, 6) is -0.0892. The number of hydrogen-bond acceptors (Lipinski definition) is 4. The second-order valence-corrected chi connectivity index (χ2v) is 8.76. The quantitative estimate of drug-likeness (QED) is 0.653. The molecule has 1 unspecified atom stereocenters. The number of carbonyl (C=O) groups excluding carboxylic acids is 1. The van der Waals surface area contributed by atoms with Crippen LogP contribution in [-0.2, 0) is 18.0 Å². The minimum Gasteiger partial charge on any atom is -0.338 e. The normalized spacial score (nSPS) is 17.1. The fourth-order valence-electron chi connectivity index (χ4n) is 4.22. The summed E-state index contributed by atoms with van der Waals surface area (Å²) < 4.78 is 41.1. The maximum atomic E-state index is 13.7. The van der Waals surface area contributed by atoms with Crippen LogP contribution in [0.5, 0.6) is 0 Å². The fourth-order valence-corrected chi connectivity index (χ4v) is 4.22. The Labute approximate surface area is 183 Å². The van der Waals surface area contributed by atoms with Gasteiger partial charge in [0.05, 0.1) is 11.0 Å². The highest BCUT2D eigenvalue weighted by molar-refractivity contribution is 5.95. The molecule has 9 heteroatoms. The minimum absolute atomic E-state index is 0.00421. The van der Waals surface area contributed by atoms with Gasteiger partial charge in [-0.25, -0.2) is 0 Å². The average Bonchev–Trinajstić information content (AvgIpc) is 3.25. The molecule has 2 aromatic carbocycles. The van der Waals surface area contributed by atoms with Gasteiger partial charge in [-0.2, -0.15) is 18.4 Å². The topological polar surface area (TPSA) is 74.8 Å². The number of aromatic amines is 1. The molecule has 1 aliphatic rings. The number of aromatic nitrogens is 4. The van der Waals surface area contributed by atoms with E-state index in [2.05, 4.69) is 20.6 Å². The zero-order valence-electron chi connectivity index (χ0n) is 18.1. The molecule has 0 aliphatic carbocycles. The lowest BCUT2D eigenvalue weighted by Crippen LogP contribution is -2.35. The Morgan fingerprint density at radius 2 is 1.84 bits per heavy atom. The molecule has 0 bridgehead atoms. The number of benzene rings is 2. The maximum absolute atomic E-state index is 13.7. The molecule has 1 atom stereocenters. The Balaban J connectivity index is 1.72. The zero-order valence-corrected chi connectivity index (χ0v) is 18.1. The molecule has 0 saturated carbocycles. The predicted molar refractivity (Wildman–Crippen MR) is 112 cm³/mol. The van der Waals surface area contributed by atoms with Crippen LogP contribution in [-0.4, -0.2) is 44.5 Å². The molecule has 1 aromatic heterocycles. The first-order valence-corrected chi connectivity index (χ1v) is 10.4. The van der Waals surface area contributed by atoms with Crippen LogP contribution < -0.4 is 0 Å². The number of nitrogens with zero attached hydrogens (tertiary/aromatic N) is 4. The van der Waals surface area contributed by atoms with E-state index in [9.17, 15) is 18.0 Å². The second-order valence-electron chi connectivity index (χ2n) is 8.76. The van der Waals surface area contributed by atoms with Crippen molar-refractivity contribution in [3.8, 4) is 0 Å². The molecule has 1 amide bonds. The van der Waals surface area contributed by atoms with Gasteiger partial charge in [0.25, 0.3) is 5.91 Å². The molecule has 1 aliphatic heterocycles. The Bertz CT molecular complexity index is 1120. The minimum atomic E-state index is -4.60. The third-order valence-corrected chi connectivity index (χ3v) is 6.15. The number of H-pyrrole nitrogens is 1. The van der Waals surface area contributed by atoms with Crippen molar-refractivity contribution in [2.24, 2.45) is 0 Å². The van der Waals surface area contributed by atoms with Gasteiger partial charge in [-0.05, 0) is 61.1 Å². The average molecular weight is 443 g/mol. The molecule has 0 saturated heterocycles. The SMILES string of the molecule is CC1CN(C(=O)c2cc(C(F)(F)F)cc(C(C)(C)c3nn[nH]n3)c2)CCc2ccccc21. The number of rotatable bonds is 3. The molecule has 168 valence electrons. The van der Waals surface area contributed by atoms with Crippen LogP contribution in [0.3, 0.4) is 0 Å². The van der Waals surface area contributed by atoms with Crippen molar-refractivity contribution >= 4 is 5.91 Å². The predicted octanol–water partition coefficient (Wildman–Crippen LogP) is 4.35. The van der Waals surface area contributed by atoms with Gasteiger partial charge < -0.3 is 4.90 Å². The fraction of sp³-hybridized carbons (Fsp3) is 0.391. The summed E-state index contributed by atoms with van der Waals surface area (Å²) in [5.41, 5.74) is 0.781. The van der Waals surface area contributed by atoms with Crippen molar-refractivity contribution in [3.05, 3.63) is 76.1 Å². The van der Waals surface area contributed by atoms with Crippen LogP contribution in [0.15, 0.2) is 42.5 Å². The van der Waals surface area contributed by atoms with Gasteiger partial charge in [-0.3, -0.25) is 4.79 Å². The lowest BCUT2D eigenvalue weighted by molar-refractivity contribution is -0.137. The van der Waals surface area contributed by atoms with Crippen LogP contribution in [0, 0.1) is 0 Å². The Kier molecular flexibility index (Phi) is 5.52. The third kappa shape index (κ3) is 4.11.